The molecular formula is C52H35N3. The van der Waals surface area contributed by atoms with Gasteiger partial charge in [0.15, 0.2) is 0 Å². The van der Waals surface area contributed by atoms with Crippen LogP contribution in [0.15, 0.2) is 212 Å². The average Bonchev–Trinajstić information content (AvgIpc) is 3.27. The summed E-state index contributed by atoms with van der Waals surface area (Å²) in [5.74, 6) is 0. The van der Waals surface area contributed by atoms with Gasteiger partial charge >= 0.3 is 0 Å². The highest BCUT2D eigenvalue weighted by Crippen LogP contribution is 2.44. The minimum atomic E-state index is 0.914. The van der Waals surface area contributed by atoms with Crippen LogP contribution in [-0.2, 0) is 0 Å². The third-order valence-electron chi connectivity index (χ3n) is 10.4. The van der Waals surface area contributed by atoms with E-state index in [9.17, 15) is 0 Å². The molecule has 10 rings (SSSR count). The van der Waals surface area contributed by atoms with Crippen molar-refractivity contribution in [2.75, 3.05) is 4.90 Å². The Labute approximate surface area is 320 Å². The van der Waals surface area contributed by atoms with Crippen molar-refractivity contribution in [2.45, 2.75) is 0 Å². The SMILES string of the molecule is c1ccc(-c2cc(-c3ccccc3)nc(-c3cccc(-c4nc5c(N(c6ccccc6)c6ccccc6)cccc5c5c4ccc4ccccc45)c3)c2)cc1. The fourth-order valence-electron chi connectivity index (χ4n) is 7.82. The predicted molar refractivity (Wildman–Crippen MR) is 231 cm³/mol. The molecule has 3 nitrogen and oxygen atoms in total. The number of benzene rings is 8. The van der Waals surface area contributed by atoms with Crippen LogP contribution in [-0.4, -0.2) is 9.97 Å². The van der Waals surface area contributed by atoms with Crippen molar-refractivity contribution in [1.82, 2.24) is 9.97 Å². The van der Waals surface area contributed by atoms with Crippen LogP contribution < -0.4 is 4.90 Å². The molecule has 0 N–H and O–H groups in total. The number of hydrogen-bond donors (Lipinski definition) is 0. The third-order valence-corrected chi connectivity index (χ3v) is 10.4. The molecule has 0 fully saturated rings. The first kappa shape index (κ1) is 32.3. The molecule has 3 heteroatoms. The van der Waals surface area contributed by atoms with Gasteiger partial charge in [-0.2, -0.15) is 0 Å². The van der Waals surface area contributed by atoms with Gasteiger partial charge in [0.1, 0.15) is 0 Å². The van der Waals surface area contributed by atoms with Crippen molar-refractivity contribution < 1.29 is 0 Å². The molecule has 8 aromatic carbocycles. The number of fused-ring (bicyclic) bond motifs is 5. The van der Waals surface area contributed by atoms with Crippen LogP contribution in [0, 0.1) is 0 Å². The molecule has 0 aliphatic carbocycles. The van der Waals surface area contributed by atoms with Crippen LogP contribution in [0.25, 0.3) is 77.3 Å². The maximum atomic E-state index is 5.66. The van der Waals surface area contributed by atoms with Crippen molar-refractivity contribution >= 4 is 49.5 Å². The number of anilines is 3. The van der Waals surface area contributed by atoms with E-state index in [0.717, 1.165) is 78.3 Å². The maximum Gasteiger partial charge on any atom is 0.0956 e. The lowest BCUT2D eigenvalue weighted by Gasteiger charge is -2.27. The van der Waals surface area contributed by atoms with E-state index in [4.69, 9.17) is 9.97 Å². The predicted octanol–water partition coefficient (Wildman–Crippen LogP) is 14.1. The molecule has 0 saturated heterocycles. The molecule has 0 unspecified atom stereocenters. The molecule has 0 radical (unpaired) electrons. The summed E-state index contributed by atoms with van der Waals surface area (Å²) in [7, 11) is 0. The lowest BCUT2D eigenvalue weighted by molar-refractivity contribution is 1.28. The van der Waals surface area contributed by atoms with E-state index in [1.807, 2.05) is 6.07 Å². The number of hydrogen-bond acceptors (Lipinski definition) is 3. The molecule has 0 spiro atoms. The summed E-state index contributed by atoms with van der Waals surface area (Å²) < 4.78 is 0. The molecule has 55 heavy (non-hydrogen) atoms. The van der Waals surface area contributed by atoms with Gasteiger partial charge < -0.3 is 4.90 Å². The summed E-state index contributed by atoms with van der Waals surface area (Å²) in [6.45, 7) is 0. The monoisotopic (exact) mass is 701 g/mol. The van der Waals surface area contributed by atoms with E-state index >= 15 is 0 Å². The number of para-hydroxylation sites is 3. The maximum absolute atomic E-state index is 5.66. The topological polar surface area (TPSA) is 29.0 Å². The number of nitrogens with zero attached hydrogens (tertiary/aromatic N) is 3. The number of pyridine rings is 2. The minimum absolute atomic E-state index is 0.914. The van der Waals surface area contributed by atoms with Crippen LogP contribution in [0.3, 0.4) is 0 Å². The summed E-state index contributed by atoms with van der Waals surface area (Å²) in [5.41, 5.74) is 12.3. The van der Waals surface area contributed by atoms with E-state index in [0.29, 0.717) is 0 Å². The van der Waals surface area contributed by atoms with Crippen molar-refractivity contribution in [3.8, 4) is 44.9 Å². The Balaban J connectivity index is 1.23. The Morgan fingerprint density at radius 2 is 0.873 bits per heavy atom. The highest BCUT2D eigenvalue weighted by atomic mass is 15.1. The lowest BCUT2D eigenvalue weighted by Crippen LogP contribution is -2.11. The Morgan fingerprint density at radius 3 is 1.58 bits per heavy atom. The Bertz CT molecular complexity index is 2860. The van der Waals surface area contributed by atoms with E-state index in [1.165, 1.54) is 16.2 Å². The first-order valence-corrected chi connectivity index (χ1v) is 18.7. The number of aromatic nitrogens is 2. The summed E-state index contributed by atoms with van der Waals surface area (Å²) in [6.07, 6.45) is 0. The van der Waals surface area contributed by atoms with E-state index < -0.39 is 0 Å². The summed E-state index contributed by atoms with van der Waals surface area (Å²) >= 11 is 0. The lowest BCUT2D eigenvalue weighted by atomic mass is 9.93. The fraction of sp³-hybridized carbons (Fsp3) is 0. The summed E-state index contributed by atoms with van der Waals surface area (Å²) in [4.78, 5) is 13.2. The molecule has 0 amide bonds. The average molecular weight is 702 g/mol. The van der Waals surface area contributed by atoms with Gasteiger partial charge in [0.2, 0.25) is 0 Å². The molecule has 2 heterocycles. The quantitative estimate of drug-likeness (QED) is 0.155. The Kier molecular flexibility index (Phi) is 8.16. The van der Waals surface area contributed by atoms with Gasteiger partial charge in [-0.1, -0.05) is 164 Å². The third kappa shape index (κ3) is 5.98. The standard InChI is InChI=1S/C52H35N3/c1-5-17-36(18-6-1)41-34-47(38-20-7-2-8-21-38)53-48(35-41)39-22-15-23-40(33-39)51-46-32-31-37-19-13-14-28-44(37)50(46)45-29-16-30-49(52(45)54-51)55(42-24-9-3-10-25-42)43-26-11-4-12-27-43/h1-35H. The summed E-state index contributed by atoms with van der Waals surface area (Å²) in [5, 5.41) is 5.83. The minimum Gasteiger partial charge on any atom is -0.308 e. The van der Waals surface area contributed by atoms with Gasteiger partial charge in [0.25, 0.3) is 0 Å². The van der Waals surface area contributed by atoms with Crippen molar-refractivity contribution in [2.24, 2.45) is 0 Å². The van der Waals surface area contributed by atoms with Crippen LogP contribution in [0.2, 0.25) is 0 Å². The van der Waals surface area contributed by atoms with Gasteiger partial charge in [0, 0.05) is 44.2 Å². The second-order valence-corrected chi connectivity index (χ2v) is 13.8. The molecule has 0 bridgehead atoms. The Morgan fingerprint density at radius 1 is 0.327 bits per heavy atom. The van der Waals surface area contributed by atoms with Crippen molar-refractivity contribution in [1.29, 1.82) is 0 Å². The van der Waals surface area contributed by atoms with E-state index in [1.54, 1.807) is 0 Å². The van der Waals surface area contributed by atoms with Crippen LogP contribution in [0.1, 0.15) is 0 Å². The molecule has 0 saturated carbocycles. The zero-order valence-electron chi connectivity index (χ0n) is 30.0. The molecule has 0 aliphatic rings. The van der Waals surface area contributed by atoms with Gasteiger partial charge in [0.05, 0.1) is 28.3 Å². The van der Waals surface area contributed by atoms with Crippen molar-refractivity contribution in [3.05, 3.63) is 212 Å². The molecule has 0 atom stereocenters. The second-order valence-electron chi connectivity index (χ2n) is 13.8. The first-order valence-electron chi connectivity index (χ1n) is 18.7. The molecule has 10 aromatic rings. The van der Waals surface area contributed by atoms with Gasteiger partial charge in [-0.05, 0) is 70.4 Å². The molecule has 258 valence electrons. The fourth-order valence-corrected chi connectivity index (χ4v) is 7.82. The van der Waals surface area contributed by atoms with Crippen LogP contribution in [0.5, 0.6) is 0 Å². The van der Waals surface area contributed by atoms with Crippen molar-refractivity contribution in [3.63, 3.8) is 0 Å². The highest BCUT2D eigenvalue weighted by molar-refractivity contribution is 6.24. The number of rotatable bonds is 7. The van der Waals surface area contributed by atoms with Crippen LogP contribution in [0.4, 0.5) is 17.1 Å². The van der Waals surface area contributed by atoms with Gasteiger partial charge in [-0.25, -0.2) is 9.97 Å². The van der Waals surface area contributed by atoms with Crippen LogP contribution >= 0.6 is 0 Å². The smallest absolute Gasteiger partial charge is 0.0956 e. The molecular weight excluding hydrogens is 667 g/mol. The van der Waals surface area contributed by atoms with Gasteiger partial charge in [-0.15, -0.1) is 0 Å². The van der Waals surface area contributed by atoms with E-state index in [-0.39, 0.29) is 0 Å². The summed E-state index contributed by atoms with van der Waals surface area (Å²) in [6, 6.07) is 74.9. The Hall–Kier alpha value is -7.36. The largest absolute Gasteiger partial charge is 0.308 e. The molecule has 2 aromatic heterocycles. The van der Waals surface area contributed by atoms with Gasteiger partial charge in [-0.3, -0.25) is 0 Å². The highest BCUT2D eigenvalue weighted by Gasteiger charge is 2.20. The zero-order chi connectivity index (χ0) is 36.6. The zero-order valence-corrected chi connectivity index (χ0v) is 30.0. The normalized spacial score (nSPS) is 11.3. The first-order chi connectivity index (χ1) is 27.3. The molecule has 0 aliphatic heterocycles. The second kappa shape index (κ2) is 13.9. The van der Waals surface area contributed by atoms with E-state index in [2.05, 4.69) is 211 Å².